The van der Waals surface area contributed by atoms with Crippen molar-refractivity contribution in [1.82, 2.24) is 19.7 Å². The van der Waals surface area contributed by atoms with Crippen LogP contribution in [0.4, 0.5) is 5.82 Å². The normalized spacial score (nSPS) is 14.2. The van der Waals surface area contributed by atoms with E-state index in [9.17, 15) is 0 Å². The minimum absolute atomic E-state index is 0.620. The van der Waals surface area contributed by atoms with E-state index < -0.39 is 0 Å². The van der Waals surface area contributed by atoms with Crippen molar-refractivity contribution < 1.29 is 0 Å². The Hall–Kier alpha value is -3.21. The molecule has 2 aromatic carbocycles. The SMILES string of the molecule is c1ccc(-c2ccc3c(N4CCCC4)nc(-n4cccn4)nc3c2)cc1. The molecule has 1 fully saturated rings. The van der Waals surface area contributed by atoms with Gasteiger partial charge in [0.25, 0.3) is 5.95 Å². The third kappa shape index (κ3) is 2.62. The van der Waals surface area contributed by atoms with Crippen molar-refractivity contribution >= 4 is 16.7 Å². The number of anilines is 1. The second kappa shape index (κ2) is 6.26. The van der Waals surface area contributed by atoms with E-state index in [1.165, 1.54) is 18.4 Å². The summed E-state index contributed by atoms with van der Waals surface area (Å²) >= 11 is 0. The van der Waals surface area contributed by atoms with Crippen molar-refractivity contribution in [2.45, 2.75) is 12.8 Å². The molecule has 5 heteroatoms. The first-order chi connectivity index (χ1) is 12.9. The van der Waals surface area contributed by atoms with Gasteiger partial charge < -0.3 is 4.90 Å². The fourth-order valence-electron chi connectivity index (χ4n) is 3.57. The molecule has 128 valence electrons. The molecule has 0 amide bonds. The van der Waals surface area contributed by atoms with Gasteiger partial charge in [-0.2, -0.15) is 10.1 Å². The Morgan fingerprint density at radius 2 is 1.65 bits per heavy atom. The van der Waals surface area contributed by atoms with Gasteiger partial charge in [-0.05, 0) is 42.2 Å². The van der Waals surface area contributed by atoms with Crippen LogP contribution in [0, 0.1) is 0 Å². The summed E-state index contributed by atoms with van der Waals surface area (Å²) in [6.45, 7) is 2.09. The van der Waals surface area contributed by atoms with E-state index in [1.807, 2.05) is 18.3 Å². The summed E-state index contributed by atoms with van der Waals surface area (Å²) in [5, 5.41) is 5.41. The number of benzene rings is 2. The van der Waals surface area contributed by atoms with Crippen molar-refractivity contribution in [3.63, 3.8) is 0 Å². The number of hydrogen-bond donors (Lipinski definition) is 0. The van der Waals surface area contributed by atoms with Crippen molar-refractivity contribution in [3.05, 3.63) is 67.0 Å². The first-order valence-corrected chi connectivity index (χ1v) is 9.01. The standard InChI is InChI=1S/C21H19N5/c1-2-7-16(8-3-1)17-9-10-18-19(15-17)23-21(26-14-6-11-22-26)24-20(18)25-12-4-5-13-25/h1-3,6-11,14-15H,4-5,12-13H2. The molecule has 0 N–H and O–H groups in total. The van der Waals surface area contributed by atoms with Gasteiger partial charge in [0.1, 0.15) is 5.82 Å². The number of hydrogen-bond acceptors (Lipinski definition) is 4. The Morgan fingerprint density at radius 1 is 0.808 bits per heavy atom. The largest absolute Gasteiger partial charge is 0.356 e. The summed E-state index contributed by atoms with van der Waals surface area (Å²) in [6, 6.07) is 18.8. The summed E-state index contributed by atoms with van der Waals surface area (Å²) in [4.78, 5) is 12.0. The lowest BCUT2D eigenvalue weighted by Gasteiger charge is -2.19. The maximum absolute atomic E-state index is 4.84. The molecule has 0 atom stereocenters. The van der Waals surface area contributed by atoms with Gasteiger partial charge in [0, 0.05) is 30.9 Å². The fraction of sp³-hybridized carbons (Fsp3) is 0.190. The van der Waals surface area contributed by atoms with Gasteiger partial charge in [-0.1, -0.05) is 36.4 Å². The highest BCUT2D eigenvalue weighted by molar-refractivity contribution is 5.93. The second-order valence-electron chi connectivity index (χ2n) is 6.59. The van der Waals surface area contributed by atoms with Gasteiger partial charge in [0.15, 0.2) is 0 Å². The summed E-state index contributed by atoms with van der Waals surface area (Å²) in [7, 11) is 0. The summed E-state index contributed by atoms with van der Waals surface area (Å²) < 4.78 is 1.73. The van der Waals surface area contributed by atoms with Crippen LogP contribution in [0.25, 0.3) is 28.0 Å². The third-order valence-corrected chi connectivity index (χ3v) is 4.89. The smallest absolute Gasteiger partial charge is 0.253 e. The van der Waals surface area contributed by atoms with Gasteiger partial charge in [-0.15, -0.1) is 0 Å². The van der Waals surface area contributed by atoms with E-state index >= 15 is 0 Å². The van der Waals surface area contributed by atoms with E-state index in [0.717, 1.165) is 35.4 Å². The average Bonchev–Trinajstić information content (AvgIpc) is 3.41. The van der Waals surface area contributed by atoms with Crippen LogP contribution in [0.5, 0.6) is 0 Å². The topological polar surface area (TPSA) is 46.8 Å². The third-order valence-electron chi connectivity index (χ3n) is 4.89. The van der Waals surface area contributed by atoms with Crippen LogP contribution in [0.15, 0.2) is 67.0 Å². The molecular weight excluding hydrogens is 322 g/mol. The molecule has 0 bridgehead atoms. The molecule has 0 unspecified atom stereocenters. The van der Waals surface area contributed by atoms with E-state index in [0.29, 0.717) is 5.95 Å². The molecule has 1 aliphatic rings. The van der Waals surface area contributed by atoms with Gasteiger partial charge in [0.2, 0.25) is 0 Å². The van der Waals surface area contributed by atoms with E-state index in [-0.39, 0.29) is 0 Å². The van der Waals surface area contributed by atoms with Gasteiger partial charge in [0.05, 0.1) is 5.52 Å². The summed E-state index contributed by atoms with van der Waals surface area (Å²) in [6.07, 6.45) is 6.06. The molecule has 5 nitrogen and oxygen atoms in total. The molecule has 1 saturated heterocycles. The van der Waals surface area contributed by atoms with E-state index in [2.05, 4.69) is 52.5 Å². The maximum Gasteiger partial charge on any atom is 0.253 e. The molecule has 26 heavy (non-hydrogen) atoms. The van der Waals surface area contributed by atoms with Crippen LogP contribution in [0.1, 0.15) is 12.8 Å². The minimum atomic E-state index is 0.620. The number of aromatic nitrogens is 4. The predicted octanol–water partition coefficient (Wildman–Crippen LogP) is 4.08. The van der Waals surface area contributed by atoms with Crippen molar-refractivity contribution in [3.8, 4) is 17.1 Å². The molecule has 0 radical (unpaired) electrons. The van der Waals surface area contributed by atoms with Gasteiger partial charge in [-0.3, -0.25) is 0 Å². The Morgan fingerprint density at radius 3 is 2.42 bits per heavy atom. The maximum atomic E-state index is 4.84. The van der Waals surface area contributed by atoms with Crippen LogP contribution in [0.2, 0.25) is 0 Å². The number of nitrogens with zero attached hydrogens (tertiary/aromatic N) is 5. The Kier molecular flexibility index (Phi) is 3.63. The molecule has 2 aromatic heterocycles. The minimum Gasteiger partial charge on any atom is -0.356 e. The lowest BCUT2D eigenvalue weighted by atomic mass is 10.0. The molecule has 3 heterocycles. The summed E-state index contributed by atoms with van der Waals surface area (Å²) in [5.41, 5.74) is 3.31. The average molecular weight is 341 g/mol. The van der Waals surface area contributed by atoms with Crippen LogP contribution in [-0.2, 0) is 0 Å². The molecule has 0 saturated carbocycles. The highest BCUT2D eigenvalue weighted by Crippen LogP contribution is 2.31. The second-order valence-corrected chi connectivity index (χ2v) is 6.59. The van der Waals surface area contributed by atoms with Crippen molar-refractivity contribution in [2.24, 2.45) is 0 Å². The molecule has 1 aliphatic heterocycles. The zero-order valence-corrected chi connectivity index (χ0v) is 14.4. The molecule has 5 rings (SSSR count). The van der Waals surface area contributed by atoms with Crippen molar-refractivity contribution in [2.75, 3.05) is 18.0 Å². The quantitative estimate of drug-likeness (QED) is 0.563. The number of rotatable bonds is 3. The zero-order valence-electron chi connectivity index (χ0n) is 14.4. The lowest BCUT2D eigenvalue weighted by Crippen LogP contribution is -2.20. The zero-order chi connectivity index (χ0) is 17.3. The van der Waals surface area contributed by atoms with Crippen LogP contribution in [-0.4, -0.2) is 32.8 Å². The Balaban J connectivity index is 1.71. The highest BCUT2D eigenvalue weighted by atomic mass is 15.4. The molecular formula is C21H19N5. The summed E-state index contributed by atoms with van der Waals surface area (Å²) in [5.74, 6) is 1.63. The predicted molar refractivity (Wildman–Crippen MR) is 104 cm³/mol. The van der Waals surface area contributed by atoms with E-state index in [1.54, 1.807) is 10.9 Å². The van der Waals surface area contributed by atoms with Crippen molar-refractivity contribution in [1.29, 1.82) is 0 Å². The van der Waals surface area contributed by atoms with E-state index in [4.69, 9.17) is 9.97 Å². The molecule has 0 spiro atoms. The van der Waals surface area contributed by atoms with Gasteiger partial charge in [-0.25, -0.2) is 9.67 Å². The fourth-order valence-corrected chi connectivity index (χ4v) is 3.57. The highest BCUT2D eigenvalue weighted by Gasteiger charge is 2.19. The molecule has 4 aromatic rings. The number of fused-ring (bicyclic) bond motifs is 1. The monoisotopic (exact) mass is 341 g/mol. The first-order valence-electron chi connectivity index (χ1n) is 9.01. The van der Waals surface area contributed by atoms with Gasteiger partial charge >= 0.3 is 0 Å². The Bertz CT molecular complexity index is 1030. The first kappa shape index (κ1) is 15.1. The van der Waals surface area contributed by atoms with Crippen LogP contribution in [0.3, 0.4) is 0 Å². The van der Waals surface area contributed by atoms with Crippen LogP contribution < -0.4 is 4.90 Å². The van der Waals surface area contributed by atoms with Crippen LogP contribution >= 0.6 is 0 Å². The Labute approximate surface area is 151 Å². The molecule has 0 aliphatic carbocycles. The lowest BCUT2D eigenvalue weighted by molar-refractivity contribution is 0.806.